The van der Waals surface area contributed by atoms with Crippen LogP contribution < -0.4 is 10.6 Å². The second-order valence-corrected chi connectivity index (χ2v) is 7.62. The van der Waals surface area contributed by atoms with Gasteiger partial charge in [0.25, 0.3) is 0 Å². The van der Waals surface area contributed by atoms with E-state index in [-0.39, 0.29) is 30.1 Å². The first-order valence-corrected chi connectivity index (χ1v) is 9.87. The normalized spacial score (nSPS) is 24.9. The van der Waals surface area contributed by atoms with Crippen molar-refractivity contribution in [3.63, 3.8) is 0 Å². The number of guanidine groups is 1. The second-order valence-electron chi connectivity index (χ2n) is 7.62. The molecule has 1 aliphatic carbocycles. The van der Waals surface area contributed by atoms with Crippen molar-refractivity contribution in [1.29, 1.82) is 0 Å². The van der Waals surface area contributed by atoms with Crippen LogP contribution in [0.25, 0.3) is 0 Å². The van der Waals surface area contributed by atoms with Crippen molar-refractivity contribution in [2.75, 3.05) is 26.7 Å². The van der Waals surface area contributed by atoms with E-state index in [2.05, 4.69) is 52.9 Å². The van der Waals surface area contributed by atoms with E-state index >= 15 is 0 Å². The Balaban J connectivity index is 0.00000243. The zero-order valence-corrected chi connectivity index (χ0v) is 18.5. The minimum atomic E-state index is 0. The molecule has 0 bridgehead atoms. The Hall–Kier alpha value is -0.820. The number of ether oxygens (including phenoxy) is 1. The van der Waals surface area contributed by atoms with E-state index in [9.17, 15) is 0 Å². The highest BCUT2D eigenvalue weighted by Gasteiger charge is 2.35. The first kappa shape index (κ1) is 21.5. The van der Waals surface area contributed by atoms with Gasteiger partial charge in [-0.3, -0.25) is 4.99 Å². The van der Waals surface area contributed by atoms with Gasteiger partial charge < -0.3 is 15.4 Å². The van der Waals surface area contributed by atoms with Crippen LogP contribution in [0.5, 0.6) is 0 Å². The molecule has 0 radical (unpaired) electrons. The molecule has 1 aromatic rings. The van der Waals surface area contributed by atoms with E-state index in [1.165, 1.54) is 37.7 Å². The smallest absolute Gasteiger partial charge is 0.191 e. The number of hydrogen-bond acceptors (Lipinski definition) is 2. The van der Waals surface area contributed by atoms with Gasteiger partial charge in [-0.2, -0.15) is 0 Å². The van der Waals surface area contributed by atoms with Gasteiger partial charge in [0.15, 0.2) is 5.96 Å². The minimum Gasteiger partial charge on any atom is -0.373 e. The number of nitrogens with one attached hydrogen (secondary N) is 2. The third-order valence-electron chi connectivity index (χ3n) is 6.12. The summed E-state index contributed by atoms with van der Waals surface area (Å²) in [6.45, 7) is 5.10. The summed E-state index contributed by atoms with van der Waals surface area (Å²) in [5.74, 6) is 1.41. The van der Waals surface area contributed by atoms with Crippen molar-refractivity contribution >= 4 is 29.9 Å². The molecule has 5 heteroatoms. The summed E-state index contributed by atoms with van der Waals surface area (Å²) >= 11 is 0. The van der Waals surface area contributed by atoms with Crippen LogP contribution in [0.1, 0.15) is 57.1 Å². The third kappa shape index (κ3) is 5.35. The Bertz CT molecular complexity index is 554. The monoisotopic (exact) mass is 471 g/mol. The van der Waals surface area contributed by atoms with Crippen LogP contribution in [0.2, 0.25) is 0 Å². The van der Waals surface area contributed by atoms with E-state index in [4.69, 9.17) is 4.74 Å². The fourth-order valence-electron chi connectivity index (χ4n) is 4.12. The van der Waals surface area contributed by atoms with Gasteiger partial charge in [0.1, 0.15) is 0 Å². The summed E-state index contributed by atoms with van der Waals surface area (Å²) in [5, 5.41) is 7.10. The van der Waals surface area contributed by atoms with Crippen molar-refractivity contribution in [3.8, 4) is 0 Å². The molecule has 1 aromatic carbocycles. The first-order valence-electron chi connectivity index (χ1n) is 9.87. The molecular formula is C21H34IN3O. The predicted molar refractivity (Wildman–Crippen MR) is 119 cm³/mol. The van der Waals surface area contributed by atoms with Gasteiger partial charge in [0, 0.05) is 32.7 Å². The van der Waals surface area contributed by atoms with Crippen molar-refractivity contribution < 1.29 is 4.74 Å². The zero-order chi connectivity index (χ0) is 17.5. The highest BCUT2D eigenvalue weighted by Crippen LogP contribution is 2.43. The maximum atomic E-state index is 6.10. The molecule has 2 N–H and O–H groups in total. The van der Waals surface area contributed by atoms with Gasteiger partial charge in [-0.1, -0.05) is 43.7 Å². The molecule has 2 atom stereocenters. The standard InChI is InChI=1S/C21H33N3O.HI/c1-3-21(12-8-13-21)16-24-20(22-2)23-15-18-11-7-14-25-19(18)17-9-5-4-6-10-17;/h4-6,9-10,18-19H,3,7-8,11-16H2,1-2H3,(H2,22,23,24);1H. The molecule has 1 saturated carbocycles. The van der Waals surface area contributed by atoms with Crippen LogP contribution in [0, 0.1) is 11.3 Å². The second kappa shape index (κ2) is 10.5. The number of benzene rings is 1. The van der Waals surface area contributed by atoms with Gasteiger partial charge in [-0.05, 0) is 43.1 Å². The summed E-state index contributed by atoms with van der Waals surface area (Å²) in [7, 11) is 1.86. The third-order valence-corrected chi connectivity index (χ3v) is 6.12. The number of aliphatic imine (C=N–C) groups is 1. The summed E-state index contributed by atoms with van der Waals surface area (Å²) in [5.41, 5.74) is 1.79. The number of halogens is 1. The lowest BCUT2D eigenvalue weighted by atomic mass is 9.67. The Morgan fingerprint density at radius 2 is 1.96 bits per heavy atom. The molecule has 1 saturated heterocycles. The van der Waals surface area contributed by atoms with Crippen molar-refractivity contribution in [2.24, 2.45) is 16.3 Å². The predicted octanol–water partition coefficient (Wildman–Crippen LogP) is 4.52. The molecule has 0 amide bonds. The van der Waals surface area contributed by atoms with Gasteiger partial charge >= 0.3 is 0 Å². The van der Waals surface area contributed by atoms with E-state index in [0.29, 0.717) is 11.3 Å². The average molecular weight is 471 g/mol. The zero-order valence-electron chi connectivity index (χ0n) is 16.2. The van der Waals surface area contributed by atoms with Crippen LogP contribution >= 0.6 is 24.0 Å². The fraction of sp³-hybridized carbons (Fsp3) is 0.667. The van der Waals surface area contributed by atoms with Crippen LogP contribution in [-0.2, 0) is 4.74 Å². The average Bonchev–Trinajstić information content (AvgIpc) is 2.64. The molecule has 26 heavy (non-hydrogen) atoms. The highest BCUT2D eigenvalue weighted by molar-refractivity contribution is 14.0. The van der Waals surface area contributed by atoms with Gasteiger partial charge in [-0.25, -0.2) is 0 Å². The Labute approximate surface area is 175 Å². The van der Waals surface area contributed by atoms with Crippen molar-refractivity contribution in [3.05, 3.63) is 35.9 Å². The lowest BCUT2D eigenvalue weighted by Gasteiger charge is -2.41. The maximum Gasteiger partial charge on any atom is 0.191 e. The fourth-order valence-corrected chi connectivity index (χ4v) is 4.12. The molecule has 146 valence electrons. The Morgan fingerprint density at radius 3 is 2.58 bits per heavy atom. The maximum absolute atomic E-state index is 6.10. The van der Waals surface area contributed by atoms with E-state index in [1.807, 2.05) is 7.05 Å². The molecule has 1 aliphatic heterocycles. The largest absolute Gasteiger partial charge is 0.373 e. The summed E-state index contributed by atoms with van der Waals surface area (Å²) in [6, 6.07) is 10.6. The number of nitrogens with zero attached hydrogens (tertiary/aromatic N) is 1. The van der Waals surface area contributed by atoms with Crippen LogP contribution in [-0.4, -0.2) is 32.7 Å². The van der Waals surface area contributed by atoms with Crippen LogP contribution in [0.15, 0.2) is 35.3 Å². The number of rotatable bonds is 6. The van der Waals surface area contributed by atoms with Gasteiger partial charge in [-0.15, -0.1) is 24.0 Å². The quantitative estimate of drug-likeness (QED) is 0.365. The van der Waals surface area contributed by atoms with Crippen LogP contribution in [0.4, 0.5) is 0 Å². The molecule has 2 unspecified atom stereocenters. The summed E-state index contributed by atoms with van der Waals surface area (Å²) in [4.78, 5) is 4.42. The van der Waals surface area contributed by atoms with Gasteiger partial charge in [0.2, 0.25) is 0 Å². The lowest BCUT2D eigenvalue weighted by Crippen LogP contribution is -2.47. The van der Waals surface area contributed by atoms with E-state index in [1.54, 1.807) is 0 Å². The lowest BCUT2D eigenvalue weighted by molar-refractivity contribution is -0.0265. The molecule has 1 heterocycles. The molecule has 4 nitrogen and oxygen atoms in total. The van der Waals surface area contributed by atoms with Gasteiger partial charge in [0.05, 0.1) is 6.10 Å². The number of hydrogen-bond donors (Lipinski definition) is 2. The summed E-state index contributed by atoms with van der Waals surface area (Å²) in [6.07, 6.45) is 7.85. The topological polar surface area (TPSA) is 45.7 Å². The van der Waals surface area contributed by atoms with Crippen LogP contribution in [0.3, 0.4) is 0 Å². The molecule has 0 aromatic heterocycles. The van der Waals surface area contributed by atoms with E-state index in [0.717, 1.165) is 32.1 Å². The molecule has 2 fully saturated rings. The first-order chi connectivity index (χ1) is 12.3. The molecule has 0 spiro atoms. The van der Waals surface area contributed by atoms with Crippen molar-refractivity contribution in [2.45, 2.75) is 51.6 Å². The molecular weight excluding hydrogens is 437 g/mol. The van der Waals surface area contributed by atoms with Crippen molar-refractivity contribution in [1.82, 2.24) is 10.6 Å². The minimum absolute atomic E-state index is 0. The molecule has 3 rings (SSSR count). The highest BCUT2D eigenvalue weighted by atomic mass is 127. The molecule has 2 aliphatic rings. The Kier molecular flexibility index (Phi) is 8.67. The van der Waals surface area contributed by atoms with E-state index < -0.39 is 0 Å². The summed E-state index contributed by atoms with van der Waals surface area (Å²) < 4.78 is 6.10. The Morgan fingerprint density at radius 1 is 1.19 bits per heavy atom. The SMILES string of the molecule is CCC1(CNC(=NC)NCC2CCCOC2c2ccccc2)CCC1.I.